The molecule has 6 nitrogen and oxygen atoms in total. The van der Waals surface area contributed by atoms with E-state index in [0.29, 0.717) is 45.0 Å². The molecule has 2 aromatic heterocycles. The van der Waals surface area contributed by atoms with Gasteiger partial charge in [0.1, 0.15) is 11.1 Å². The Hall–Kier alpha value is -4.97. The molecule has 1 amide bonds. The van der Waals surface area contributed by atoms with E-state index in [9.17, 15) is 9.59 Å². The lowest BCUT2D eigenvalue weighted by Crippen LogP contribution is -2.11. The number of nitrogens with one attached hydrogen (secondary N) is 1. The molecule has 6 rings (SSSR count). The van der Waals surface area contributed by atoms with Crippen LogP contribution in [0.4, 0.5) is 5.69 Å². The van der Waals surface area contributed by atoms with Gasteiger partial charge in [-0.1, -0.05) is 47.5 Å². The molecule has 1 N–H and O–H groups in total. The van der Waals surface area contributed by atoms with Crippen molar-refractivity contribution < 1.29 is 13.6 Å². The fraction of sp³-hybridized carbons (Fsp3) is 0.0645. The summed E-state index contributed by atoms with van der Waals surface area (Å²) in [5.74, 6) is 0.272. The number of aryl methyl sites for hydroxylation is 2. The maximum atomic E-state index is 12.9. The van der Waals surface area contributed by atoms with Crippen LogP contribution >= 0.6 is 0 Å². The second-order valence-corrected chi connectivity index (χ2v) is 9.09. The van der Waals surface area contributed by atoms with Crippen molar-refractivity contribution in [3.05, 3.63) is 118 Å². The summed E-state index contributed by atoms with van der Waals surface area (Å²) < 4.78 is 11.4. The average Bonchev–Trinajstić information content (AvgIpc) is 3.31. The Bertz CT molecular complexity index is 1840. The lowest BCUT2D eigenvalue weighted by molar-refractivity contribution is 0.102. The summed E-state index contributed by atoms with van der Waals surface area (Å²) in [5.41, 5.74) is 6.81. The molecule has 0 fully saturated rings. The Balaban J connectivity index is 1.23. The lowest BCUT2D eigenvalue weighted by Gasteiger charge is -2.07. The van der Waals surface area contributed by atoms with Gasteiger partial charge >= 0.3 is 5.63 Å². The molecular weight excluding hydrogens is 464 g/mol. The van der Waals surface area contributed by atoms with Gasteiger partial charge in [0.2, 0.25) is 5.89 Å². The number of hydrogen-bond acceptors (Lipinski definition) is 5. The van der Waals surface area contributed by atoms with Gasteiger partial charge in [-0.15, -0.1) is 0 Å². The van der Waals surface area contributed by atoms with E-state index < -0.39 is 5.63 Å². The summed E-state index contributed by atoms with van der Waals surface area (Å²) in [6, 6.07) is 27.6. The molecule has 4 aromatic carbocycles. The molecule has 0 radical (unpaired) electrons. The molecule has 37 heavy (non-hydrogen) atoms. The molecule has 0 atom stereocenters. The van der Waals surface area contributed by atoms with Gasteiger partial charge in [0.25, 0.3) is 5.91 Å². The number of rotatable bonds is 4. The molecule has 6 aromatic rings. The van der Waals surface area contributed by atoms with Crippen molar-refractivity contribution in [2.24, 2.45) is 0 Å². The summed E-state index contributed by atoms with van der Waals surface area (Å²) in [5, 5.41) is 3.75. The van der Waals surface area contributed by atoms with Crippen molar-refractivity contribution in [3.8, 4) is 22.6 Å². The van der Waals surface area contributed by atoms with E-state index in [4.69, 9.17) is 8.83 Å². The first-order valence-electron chi connectivity index (χ1n) is 11.9. The first kappa shape index (κ1) is 22.5. The monoisotopic (exact) mass is 486 g/mol. The number of benzene rings is 4. The quantitative estimate of drug-likeness (QED) is 0.268. The van der Waals surface area contributed by atoms with E-state index >= 15 is 0 Å². The fourth-order valence-corrected chi connectivity index (χ4v) is 4.49. The van der Waals surface area contributed by atoms with Crippen molar-refractivity contribution in [1.82, 2.24) is 4.98 Å². The van der Waals surface area contributed by atoms with Crippen LogP contribution in [0.1, 0.15) is 21.5 Å². The van der Waals surface area contributed by atoms with Gasteiger partial charge in [0.05, 0.1) is 5.56 Å². The number of carbonyl (C=O) groups excluding carboxylic acids is 1. The van der Waals surface area contributed by atoms with Crippen molar-refractivity contribution in [2.45, 2.75) is 13.8 Å². The van der Waals surface area contributed by atoms with Gasteiger partial charge < -0.3 is 14.2 Å². The predicted molar refractivity (Wildman–Crippen MR) is 145 cm³/mol. The minimum atomic E-state index is -0.419. The van der Waals surface area contributed by atoms with Gasteiger partial charge in [0.15, 0.2) is 5.58 Å². The highest BCUT2D eigenvalue weighted by Gasteiger charge is 2.13. The molecule has 2 heterocycles. The van der Waals surface area contributed by atoms with Crippen molar-refractivity contribution in [1.29, 1.82) is 0 Å². The summed E-state index contributed by atoms with van der Waals surface area (Å²) in [6.45, 7) is 4.08. The van der Waals surface area contributed by atoms with Crippen LogP contribution in [-0.4, -0.2) is 10.9 Å². The Kier molecular flexibility index (Phi) is 5.42. The Morgan fingerprint density at radius 2 is 1.51 bits per heavy atom. The zero-order valence-corrected chi connectivity index (χ0v) is 20.2. The molecule has 0 spiro atoms. The summed E-state index contributed by atoms with van der Waals surface area (Å²) in [7, 11) is 0. The van der Waals surface area contributed by atoms with Crippen LogP contribution in [-0.2, 0) is 0 Å². The summed E-state index contributed by atoms with van der Waals surface area (Å²) in [6.07, 6.45) is 0. The molecule has 0 unspecified atom stereocenters. The van der Waals surface area contributed by atoms with Crippen LogP contribution in [0.15, 0.2) is 105 Å². The van der Waals surface area contributed by atoms with E-state index in [1.54, 1.807) is 54.6 Å². The minimum absolute atomic E-state index is 0.269. The summed E-state index contributed by atoms with van der Waals surface area (Å²) in [4.78, 5) is 30.0. The molecule has 0 saturated carbocycles. The van der Waals surface area contributed by atoms with Crippen molar-refractivity contribution >= 4 is 33.7 Å². The highest BCUT2D eigenvalue weighted by atomic mass is 16.4. The Morgan fingerprint density at radius 3 is 2.30 bits per heavy atom. The van der Waals surface area contributed by atoms with Crippen LogP contribution in [0.25, 0.3) is 44.7 Å². The molecular formula is C31H22N2O4. The number of hydrogen-bond donors (Lipinski definition) is 1. The molecule has 0 aliphatic rings. The van der Waals surface area contributed by atoms with Gasteiger partial charge in [-0.3, -0.25) is 4.79 Å². The first-order chi connectivity index (χ1) is 17.9. The zero-order chi connectivity index (χ0) is 25.5. The third kappa shape index (κ3) is 4.41. The SMILES string of the molecule is Cc1cc(C)cc(-c2nc3cc(NC(=O)c4ccc(-c5cc6ccccc6oc5=O)cc4)ccc3o2)c1. The van der Waals surface area contributed by atoms with E-state index in [1.165, 1.54) is 0 Å². The highest BCUT2D eigenvalue weighted by Crippen LogP contribution is 2.28. The number of oxazole rings is 1. The maximum absolute atomic E-state index is 12.9. The number of amides is 1. The van der Waals surface area contributed by atoms with Crippen LogP contribution in [0.2, 0.25) is 0 Å². The third-order valence-electron chi connectivity index (χ3n) is 6.21. The number of carbonyl (C=O) groups is 1. The number of aromatic nitrogens is 1. The Labute approximate surface area is 212 Å². The number of para-hydroxylation sites is 1. The molecule has 0 saturated heterocycles. The molecule has 0 aliphatic carbocycles. The van der Waals surface area contributed by atoms with E-state index in [-0.39, 0.29) is 5.91 Å². The van der Waals surface area contributed by atoms with Crippen LogP contribution in [0.3, 0.4) is 0 Å². The van der Waals surface area contributed by atoms with E-state index in [0.717, 1.165) is 22.1 Å². The van der Waals surface area contributed by atoms with Crippen molar-refractivity contribution in [2.75, 3.05) is 5.32 Å². The van der Waals surface area contributed by atoms with Gasteiger partial charge in [-0.25, -0.2) is 9.78 Å². The molecule has 6 heteroatoms. The van der Waals surface area contributed by atoms with Gasteiger partial charge in [0, 0.05) is 22.2 Å². The topological polar surface area (TPSA) is 85.3 Å². The van der Waals surface area contributed by atoms with Crippen LogP contribution in [0.5, 0.6) is 0 Å². The largest absolute Gasteiger partial charge is 0.436 e. The second kappa shape index (κ2) is 8.91. The van der Waals surface area contributed by atoms with E-state index in [1.807, 2.05) is 44.2 Å². The zero-order valence-electron chi connectivity index (χ0n) is 20.2. The van der Waals surface area contributed by atoms with Gasteiger partial charge in [-0.05, 0) is 74.0 Å². The van der Waals surface area contributed by atoms with E-state index in [2.05, 4.69) is 16.4 Å². The smallest absolute Gasteiger partial charge is 0.344 e. The number of nitrogens with zero attached hydrogens (tertiary/aromatic N) is 1. The molecule has 180 valence electrons. The van der Waals surface area contributed by atoms with Crippen molar-refractivity contribution in [3.63, 3.8) is 0 Å². The third-order valence-corrected chi connectivity index (χ3v) is 6.21. The Morgan fingerprint density at radius 1 is 0.757 bits per heavy atom. The maximum Gasteiger partial charge on any atom is 0.344 e. The minimum Gasteiger partial charge on any atom is -0.436 e. The van der Waals surface area contributed by atoms with Crippen LogP contribution in [0, 0.1) is 13.8 Å². The number of anilines is 1. The normalized spacial score (nSPS) is 11.2. The lowest BCUT2D eigenvalue weighted by atomic mass is 10.0. The summed E-state index contributed by atoms with van der Waals surface area (Å²) >= 11 is 0. The standard InChI is InChI=1S/C31H22N2O4/c1-18-13-19(2)15-23(14-18)30-33-26-17-24(11-12-28(26)36-30)32-29(34)21-9-7-20(8-10-21)25-16-22-5-3-4-6-27(22)37-31(25)35/h3-17H,1-2H3,(H,32,34). The second-order valence-electron chi connectivity index (χ2n) is 9.09. The fourth-order valence-electron chi connectivity index (χ4n) is 4.49. The first-order valence-corrected chi connectivity index (χ1v) is 11.9. The average molecular weight is 487 g/mol. The van der Waals surface area contributed by atoms with Gasteiger partial charge in [-0.2, -0.15) is 0 Å². The van der Waals surface area contributed by atoms with Crippen LogP contribution < -0.4 is 10.9 Å². The highest BCUT2D eigenvalue weighted by molar-refractivity contribution is 6.05. The predicted octanol–water partition coefficient (Wildman–Crippen LogP) is 7.14. The molecule has 0 aliphatic heterocycles. The molecule has 0 bridgehead atoms. The number of fused-ring (bicyclic) bond motifs is 2.